The third-order valence-electron chi connectivity index (χ3n) is 2.68. The van der Waals surface area contributed by atoms with E-state index in [1.54, 1.807) is 24.3 Å². The Labute approximate surface area is 131 Å². The molecular weight excluding hydrogens is 319 g/mol. The molecule has 0 saturated carbocycles. The third kappa shape index (κ3) is 3.29. The van der Waals surface area contributed by atoms with E-state index in [-0.39, 0.29) is 10.8 Å². The zero-order chi connectivity index (χ0) is 14.7. The second-order valence-corrected chi connectivity index (χ2v) is 5.31. The lowest BCUT2D eigenvalue weighted by Gasteiger charge is -2.10. The molecule has 0 bridgehead atoms. The molecule has 0 spiro atoms. The van der Waals surface area contributed by atoms with E-state index in [4.69, 9.17) is 40.1 Å². The molecule has 0 fully saturated rings. The predicted octanol–water partition coefficient (Wildman–Crippen LogP) is 4.84. The van der Waals surface area contributed by atoms with Gasteiger partial charge in [-0.3, -0.25) is 0 Å². The van der Waals surface area contributed by atoms with Crippen LogP contribution in [0.5, 0.6) is 5.75 Å². The van der Waals surface area contributed by atoms with Crippen molar-refractivity contribution in [3.8, 4) is 11.8 Å². The first kappa shape index (κ1) is 14.8. The number of hydrogen-bond acceptors (Lipinski definition) is 3. The number of nitriles is 1. The lowest BCUT2D eigenvalue weighted by molar-refractivity contribution is 0.469. The Bertz CT molecular complexity index is 696. The van der Waals surface area contributed by atoms with E-state index < -0.39 is 0 Å². The highest BCUT2D eigenvalue weighted by molar-refractivity contribution is 6.35. The maximum absolute atomic E-state index is 9.84. The Kier molecular flexibility index (Phi) is 4.61. The minimum Gasteiger partial charge on any atom is -0.506 e. The first-order chi connectivity index (χ1) is 9.51. The molecule has 0 aliphatic rings. The Morgan fingerprint density at radius 3 is 2.55 bits per heavy atom. The quantitative estimate of drug-likeness (QED) is 0.848. The molecule has 2 aromatic rings. The number of halogens is 3. The van der Waals surface area contributed by atoms with Crippen LogP contribution < -0.4 is 5.32 Å². The van der Waals surface area contributed by atoms with Crippen LogP contribution >= 0.6 is 34.8 Å². The van der Waals surface area contributed by atoms with Crippen LogP contribution in [0.2, 0.25) is 15.1 Å². The summed E-state index contributed by atoms with van der Waals surface area (Å²) in [5, 5.41) is 22.9. The molecule has 0 radical (unpaired) electrons. The van der Waals surface area contributed by atoms with Crippen LogP contribution in [0.25, 0.3) is 0 Å². The molecule has 0 aliphatic carbocycles. The van der Waals surface area contributed by atoms with Crippen molar-refractivity contribution in [1.29, 1.82) is 5.26 Å². The van der Waals surface area contributed by atoms with E-state index in [9.17, 15) is 5.11 Å². The topological polar surface area (TPSA) is 56.0 Å². The Hall–Kier alpha value is -1.60. The zero-order valence-electron chi connectivity index (χ0n) is 10.1. The molecule has 2 N–H and O–H groups in total. The van der Waals surface area contributed by atoms with Gasteiger partial charge >= 0.3 is 0 Å². The number of nitrogens with zero attached hydrogens (tertiary/aromatic N) is 1. The van der Waals surface area contributed by atoms with Crippen molar-refractivity contribution < 1.29 is 5.11 Å². The summed E-state index contributed by atoms with van der Waals surface area (Å²) in [6, 6.07) is 10.1. The summed E-state index contributed by atoms with van der Waals surface area (Å²) in [6.45, 7) is 0.318. The van der Waals surface area contributed by atoms with Gasteiger partial charge in [-0.2, -0.15) is 5.26 Å². The maximum atomic E-state index is 9.84. The lowest BCUT2D eigenvalue weighted by atomic mass is 10.1. The lowest BCUT2D eigenvalue weighted by Crippen LogP contribution is -2.00. The second kappa shape index (κ2) is 6.23. The molecule has 102 valence electrons. The predicted molar refractivity (Wildman–Crippen MR) is 81.6 cm³/mol. The van der Waals surface area contributed by atoms with Crippen LogP contribution in [0, 0.1) is 11.3 Å². The van der Waals surface area contributed by atoms with Gasteiger partial charge in [0.2, 0.25) is 0 Å². The molecule has 20 heavy (non-hydrogen) atoms. The standard InChI is InChI=1S/C14H9Cl3N2O/c15-10-3-9(14(20)13(17)5-10)7-19-11-1-2-12(16)8(4-11)6-18/h1-5,19-20H,7H2. The first-order valence-corrected chi connectivity index (χ1v) is 6.75. The van der Waals surface area contributed by atoms with Crippen LogP contribution in [0.4, 0.5) is 5.69 Å². The van der Waals surface area contributed by atoms with Gasteiger partial charge in [0.25, 0.3) is 0 Å². The molecule has 2 aromatic carbocycles. The summed E-state index contributed by atoms with van der Waals surface area (Å²) in [5.74, 6) is -0.0157. The van der Waals surface area contributed by atoms with Gasteiger partial charge in [0.05, 0.1) is 15.6 Å². The van der Waals surface area contributed by atoms with Gasteiger partial charge in [-0.05, 0) is 30.3 Å². The van der Waals surface area contributed by atoms with Gasteiger partial charge in [-0.25, -0.2) is 0 Å². The Morgan fingerprint density at radius 2 is 1.85 bits per heavy atom. The summed E-state index contributed by atoms with van der Waals surface area (Å²) in [5.41, 5.74) is 1.66. The fourth-order valence-corrected chi connectivity index (χ4v) is 2.37. The molecule has 0 atom stereocenters. The van der Waals surface area contributed by atoms with Crippen molar-refractivity contribution in [2.45, 2.75) is 6.54 Å². The number of phenols is 1. The first-order valence-electron chi connectivity index (χ1n) is 5.61. The fraction of sp³-hybridized carbons (Fsp3) is 0.0714. The molecule has 0 amide bonds. The molecule has 2 rings (SSSR count). The van der Waals surface area contributed by atoms with Crippen molar-refractivity contribution in [1.82, 2.24) is 0 Å². The average molecular weight is 328 g/mol. The summed E-state index contributed by atoms with van der Waals surface area (Å²) in [4.78, 5) is 0. The number of rotatable bonds is 3. The Balaban J connectivity index is 2.19. The van der Waals surface area contributed by atoms with Gasteiger partial charge in [-0.15, -0.1) is 0 Å². The molecule has 6 heteroatoms. The zero-order valence-corrected chi connectivity index (χ0v) is 12.4. The third-order valence-corrected chi connectivity index (χ3v) is 3.51. The highest BCUT2D eigenvalue weighted by atomic mass is 35.5. The van der Waals surface area contributed by atoms with Crippen LogP contribution in [0.15, 0.2) is 30.3 Å². The maximum Gasteiger partial charge on any atom is 0.139 e. The van der Waals surface area contributed by atoms with Gasteiger partial charge < -0.3 is 10.4 Å². The Morgan fingerprint density at radius 1 is 1.10 bits per heavy atom. The van der Waals surface area contributed by atoms with Gasteiger partial charge in [0.15, 0.2) is 0 Å². The highest BCUT2D eigenvalue weighted by Crippen LogP contribution is 2.31. The smallest absolute Gasteiger partial charge is 0.139 e. The number of benzene rings is 2. The van der Waals surface area contributed by atoms with E-state index in [2.05, 4.69) is 5.32 Å². The molecule has 0 aliphatic heterocycles. The second-order valence-electron chi connectivity index (χ2n) is 4.06. The molecule has 0 aromatic heterocycles. The summed E-state index contributed by atoms with van der Waals surface area (Å²) >= 11 is 17.6. The van der Waals surface area contributed by atoms with Crippen molar-refractivity contribution in [3.63, 3.8) is 0 Å². The number of anilines is 1. The highest BCUT2D eigenvalue weighted by Gasteiger charge is 2.08. The van der Waals surface area contributed by atoms with Gasteiger partial charge in [0.1, 0.15) is 11.8 Å². The van der Waals surface area contributed by atoms with E-state index in [0.717, 1.165) is 0 Å². The van der Waals surface area contributed by atoms with Crippen molar-refractivity contribution >= 4 is 40.5 Å². The van der Waals surface area contributed by atoms with E-state index >= 15 is 0 Å². The minimum atomic E-state index is -0.0157. The largest absolute Gasteiger partial charge is 0.506 e. The van der Waals surface area contributed by atoms with Crippen molar-refractivity contribution in [2.24, 2.45) is 0 Å². The average Bonchev–Trinajstić information content (AvgIpc) is 2.42. The molecule has 0 heterocycles. The van der Waals surface area contributed by atoms with Crippen LogP contribution in [-0.4, -0.2) is 5.11 Å². The molecular formula is C14H9Cl3N2O. The van der Waals surface area contributed by atoms with E-state index in [1.165, 1.54) is 6.07 Å². The van der Waals surface area contributed by atoms with Gasteiger partial charge in [-0.1, -0.05) is 34.8 Å². The number of hydrogen-bond donors (Lipinski definition) is 2. The normalized spacial score (nSPS) is 10.1. The monoisotopic (exact) mass is 326 g/mol. The molecule has 0 saturated heterocycles. The number of aromatic hydroxyl groups is 1. The van der Waals surface area contributed by atoms with E-state index in [0.29, 0.717) is 33.4 Å². The number of nitrogens with one attached hydrogen (secondary N) is 1. The van der Waals surface area contributed by atoms with Crippen molar-refractivity contribution in [3.05, 3.63) is 56.5 Å². The van der Waals surface area contributed by atoms with Crippen molar-refractivity contribution in [2.75, 3.05) is 5.32 Å². The fourth-order valence-electron chi connectivity index (χ4n) is 1.67. The van der Waals surface area contributed by atoms with E-state index in [1.807, 2.05) is 6.07 Å². The van der Waals surface area contributed by atoms with Gasteiger partial charge in [0, 0.05) is 22.8 Å². The molecule has 0 unspecified atom stereocenters. The molecule has 3 nitrogen and oxygen atoms in total. The minimum absolute atomic E-state index is 0.0157. The SMILES string of the molecule is N#Cc1cc(NCc2cc(Cl)cc(Cl)c2O)ccc1Cl. The van der Waals surface area contributed by atoms with Crippen LogP contribution in [0.1, 0.15) is 11.1 Å². The summed E-state index contributed by atoms with van der Waals surface area (Å²) < 4.78 is 0. The summed E-state index contributed by atoms with van der Waals surface area (Å²) in [6.07, 6.45) is 0. The van der Waals surface area contributed by atoms with Crippen LogP contribution in [-0.2, 0) is 6.54 Å². The number of phenolic OH excluding ortho intramolecular Hbond substituents is 1. The summed E-state index contributed by atoms with van der Waals surface area (Å²) in [7, 11) is 0. The van der Waals surface area contributed by atoms with Crippen LogP contribution in [0.3, 0.4) is 0 Å².